The monoisotopic (exact) mass is 477 g/mol. The molecule has 3 aromatic carbocycles. The molecule has 7 heteroatoms. The minimum absolute atomic E-state index is 0.194. The molecule has 0 radical (unpaired) electrons. The summed E-state index contributed by atoms with van der Waals surface area (Å²) in [5.74, 6) is -0.194. The Morgan fingerprint density at radius 1 is 0.941 bits per heavy atom. The highest BCUT2D eigenvalue weighted by Gasteiger charge is 2.21. The Balaban J connectivity index is 1.37. The van der Waals surface area contributed by atoms with Crippen molar-refractivity contribution in [3.8, 4) is 0 Å². The third-order valence-corrected chi connectivity index (χ3v) is 8.02. The van der Waals surface area contributed by atoms with E-state index in [9.17, 15) is 13.2 Å². The number of nitrogens with one attached hydrogen (secondary N) is 1. The molecule has 0 saturated carbocycles. The van der Waals surface area contributed by atoms with Crippen LogP contribution in [0.25, 0.3) is 0 Å². The Hall–Kier alpha value is -3.16. The zero-order valence-corrected chi connectivity index (χ0v) is 20.5. The normalized spacial score (nSPS) is 14.2. The summed E-state index contributed by atoms with van der Waals surface area (Å²) >= 11 is 0. The Kier molecular flexibility index (Phi) is 7.34. The summed E-state index contributed by atoms with van der Waals surface area (Å²) in [6.07, 6.45) is 2.53. The van der Waals surface area contributed by atoms with Gasteiger partial charge in [0.1, 0.15) is 0 Å². The molecule has 1 fully saturated rings. The van der Waals surface area contributed by atoms with Gasteiger partial charge in [-0.15, -0.1) is 0 Å². The predicted octanol–water partition coefficient (Wildman–Crippen LogP) is 4.35. The van der Waals surface area contributed by atoms with Crippen molar-refractivity contribution < 1.29 is 13.2 Å². The molecule has 3 aromatic rings. The van der Waals surface area contributed by atoms with Crippen molar-refractivity contribution >= 4 is 21.6 Å². The molecule has 1 aliphatic heterocycles. The molecule has 178 valence electrons. The van der Waals surface area contributed by atoms with Crippen molar-refractivity contribution in [2.45, 2.75) is 37.8 Å². The second-order valence-electron chi connectivity index (χ2n) is 8.82. The summed E-state index contributed by atoms with van der Waals surface area (Å²) in [7, 11) is -2.16. The molecule has 0 unspecified atom stereocenters. The van der Waals surface area contributed by atoms with Gasteiger partial charge in [0.15, 0.2) is 0 Å². The minimum Gasteiger partial charge on any atom is -0.348 e. The van der Waals surface area contributed by atoms with Crippen LogP contribution < -0.4 is 9.62 Å². The van der Waals surface area contributed by atoms with Crippen LogP contribution in [0, 0.1) is 6.92 Å². The number of carbonyl (C=O) groups is 1. The lowest BCUT2D eigenvalue weighted by Gasteiger charge is -2.20. The van der Waals surface area contributed by atoms with E-state index in [4.69, 9.17) is 0 Å². The van der Waals surface area contributed by atoms with Gasteiger partial charge in [0.05, 0.1) is 10.6 Å². The quantitative estimate of drug-likeness (QED) is 0.524. The van der Waals surface area contributed by atoms with Gasteiger partial charge >= 0.3 is 0 Å². The second-order valence-corrected chi connectivity index (χ2v) is 10.8. The van der Waals surface area contributed by atoms with Gasteiger partial charge < -0.3 is 5.32 Å². The van der Waals surface area contributed by atoms with Crippen LogP contribution in [0.3, 0.4) is 0 Å². The second kappa shape index (κ2) is 10.4. The van der Waals surface area contributed by atoms with Crippen molar-refractivity contribution in [1.29, 1.82) is 0 Å². The largest absolute Gasteiger partial charge is 0.348 e. The molecule has 1 saturated heterocycles. The zero-order chi connectivity index (χ0) is 24.1. The molecule has 1 amide bonds. The van der Waals surface area contributed by atoms with Gasteiger partial charge in [0.2, 0.25) is 0 Å². The van der Waals surface area contributed by atoms with E-state index in [1.165, 1.54) is 29.8 Å². The average molecular weight is 478 g/mol. The summed E-state index contributed by atoms with van der Waals surface area (Å²) < 4.78 is 27.0. The molecular weight excluding hydrogens is 446 g/mol. The molecular formula is C27H31N3O3S. The number of aryl methyl sites for hydroxylation is 1. The number of nitrogens with zero attached hydrogens (tertiary/aromatic N) is 2. The van der Waals surface area contributed by atoms with Gasteiger partial charge in [-0.05, 0) is 80.4 Å². The molecule has 1 heterocycles. The highest BCUT2D eigenvalue weighted by atomic mass is 32.2. The van der Waals surface area contributed by atoms with Gasteiger partial charge in [0, 0.05) is 25.7 Å². The Labute approximate surface area is 202 Å². The SMILES string of the molecule is Cc1ccc(S(=O)(=O)N(C)c2ccc(C(=O)NCc3cccc(CN4CCCC4)c3)cc2)cc1. The van der Waals surface area contributed by atoms with Crippen molar-refractivity contribution in [3.05, 3.63) is 95.1 Å². The smallest absolute Gasteiger partial charge is 0.264 e. The fourth-order valence-corrected chi connectivity index (χ4v) is 5.35. The fourth-order valence-electron chi connectivity index (χ4n) is 4.15. The van der Waals surface area contributed by atoms with E-state index in [0.29, 0.717) is 17.8 Å². The van der Waals surface area contributed by atoms with Crippen LogP contribution in [-0.4, -0.2) is 39.4 Å². The topological polar surface area (TPSA) is 69.7 Å². The molecule has 0 aliphatic carbocycles. The van der Waals surface area contributed by atoms with Gasteiger partial charge in [-0.25, -0.2) is 8.42 Å². The standard InChI is InChI=1S/C27H31N3O3S/c1-21-8-14-26(15-9-21)34(32,33)29(2)25-12-10-24(11-13-25)27(31)28-19-22-6-5-7-23(18-22)20-30-16-3-4-17-30/h5-15,18H,3-4,16-17,19-20H2,1-2H3,(H,28,31). The van der Waals surface area contributed by atoms with Crippen LogP contribution in [0.4, 0.5) is 5.69 Å². The van der Waals surface area contributed by atoms with E-state index in [-0.39, 0.29) is 10.8 Å². The number of hydrogen-bond acceptors (Lipinski definition) is 4. The summed E-state index contributed by atoms with van der Waals surface area (Å²) in [4.78, 5) is 15.3. The van der Waals surface area contributed by atoms with Gasteiger partial charge in [-0.3, -0.25) is 14.0 Å². The average Bonchev–Trinajstić information content (AvgIpc) is 3.36. The maximum Gasteiger partial charge on any atom is 0.264 e. The molecule has 1 N–H and O–H groups in total. The van der Waals surface area contributed by atoms with Crippen LogP contribution in [0.1, 0.15) is 39.9 Å². The minimum atomic E-state index is -3.67. The van der Waals surface area contributed by atoms with Crippen LogP contribution in [0.15, 0.2) is 77.7 Å². The van der Waals surface area contributed by atoms with Crippen molar-refractivity contribution in [2.24, 2.45) is 0 Å². The van der Waals surface area contributed by atoms with E-state index >= 15 is 0 Å². The molecule has 0 aromatic heterocycles. The number of amides is 1. The Bertz CT molecular complexity index is 1230. The Morgan fingerprint density at radius 2 is 1.59 bits per heavy atom. The van der Waals surface area contributed by atoms with Crippen LogP contribution in [0.5, 0.6) is 0 Å². The number of benzene rings is 3. The van der Waals surface area contributed by atoms with Gasteiger partial charge in [0.25, 0.3) is 15.9 Å². The van der Waals surface area contributed by atoms with Crippen LogP contribution >= 0.6 is 0 Å². The first kappa shape index (κ1) is 24.0. The lowest BCUT2D eigenvalue weighted by molar-refractivity contribution is 0.0951. The predicted molar refractivity (Wildman–Crippen MR) is 135 cm³/mol. The first-order chi connectivity index (χ1) is 16.3. The van der Waals surface area contributed by atoms with Crippen molar-refractivity contribution in [1.82, 2.24) is 10.2 Å². The number of anilines is 1. The maximum absolute atomic E-state index is 12.9. The fraction of sp³-hybridized carbons (Fsp3) is 0.296. The lowest BCUT2D eigenvalue weighted by atomic mass is 10.1. The highest BCUT2D eigenvalue weighted by molar-refractivity contribution is 7.92. The molecule has 0 bridgehead atoms. The van der Waals surface area contributed by atoms with Crippen LogP contribution in [-0.2, 0) is 23.1 Å². The number of hydrogen-bond donors (Lipinski definition) is 1. The summed E-state index contributed by atoms with van der Waals surface area (Å²) in [5.41, 5.74) is 4.29. The van der Waals surface area contributed by atoms with E-state index in [1.54, 1.807) is 48.5 Å². The van der Waals surface area contributed by atoms with Gasteiger partial charge in [-0.2, -0.15) is 0 Å². The molecule has 4 rings (SSSR count). The lowest BCUT2D eigenvalue weighted by Crippen LogP contribution is -2.27. The first-order valence-corrected chi connectivity index (χ1v) is 13.0. The molecule has 1 aliphatic rings. The molecule has 0 spiro atoms. The van der Waals surface area contributed by atoms with E-state index in [2.05, 4.69) is 22.3 Å². The molecule has 0 atom stereocenters. The number of likely N-dealkylation sites (tertiary alicyclic amines) is 1. The summed E-state index contributed by atoms with van der Waals surface area (Å²) in [6, 6.07) is 21.7. The van der Waals surface area contributed by atoms with Crippen LogP contribution in [0.2, 0.25) is 0 Å². The first-order valence-electron chi connectivity index (χ1n) is 11.6. The summed E-state index contributed by atoms with van der Waals surface area (Å²) in [6.45, 7) is 5.60. The third-order valence-electron chi connectivity index (χ3n) is 6.22. The van der Waals surface area contributed by atoms with E-state index in [1.807, 2.05) is 19.1 Å². The van der Waals surface area contributed by atoms with Crippen molar-refractivity contribution in [2.75, 3.05) is 24.4 Å². The highest BCUT2D eigenvalue weighted by Crippen LogP contribution is 2.23. The Morgan fingerprint density at radius 3 is 2.26 bits per heavy atom. The number of sulfonamides is 1. The zero-order valence-electron chi connectivity index (χ0n) is 19.7. The third kappa shape index (κ3) is 5.66. The van der Waals surface area contributed by atoms with E-state index < -0.39 is 10.0 Å². The molecule has 34 heavy (non-hydrogen) atoms. The van der Waals surface area contributed by atoms with Gasteiger partial charge in [-0.1, -0.05) is 42.0 Å². The maximum atomic E-state index is 12.9. The summed E-state index contributed by atoms with van der Waals surface area (Å²) in [5, 5.41) is 2.96. The molecule has 6 nitrogen and oxygen atoms in total. The van der Waals surface area contributed by atoms with E-state index in [0.717, 1.165) is 30.8 Å². The number of rotatable bonds is 8. The number of carbonyl (C=O) groups excluding carboxylic acids is 1. The van der Waals surface area contributed by atoms with Crippen molar-refractivity contribution in [3.63, 3.8) is 0 Å².